The monoisotopic (exact) mass is 1340 g/mol. The van der Waals surface area contributed by atoms with Crippen LogP contribution in [0.4, 0.5) is 40.3 Å². The maximum Gasteiger partial charge on any atom is 0.268 e. The van der Waals surface area contributed by atoms with Crippen molar-refractivity contribution in [2.75, 3.05) is 107 Å². The molecule has 12 rings (SSSR count). The first-order valence-electron chi connectivity index (χ1n) is 31.4. The number of rotatable bonds is 25. The predicted molar refractivity (Wildman–Crippen MR) is 348 cm³/mol. The molecule has 0 unspecified atom stereocenters. The Hall–Kier alpha value is -9.72. The number of hydrogen-bond acceptors (Lipinski definition) is 17. The topological polar surface area (TPSA) is 300 Å². The van der Waals surface area contributed by atoms with Gasteiger partial charge >= 0.3 is 0 Å². The van der Waals surface area contributed by atoms with Gasteiger partial charge in [-0.25, -0.2) is 37.5 Å². The van der Waals surface area contributed by atoms with Crippen molar-refractivity contribution in [1.29, 1.82) is 0 Å². The van der Waals surface area contributed by atoms with Crippen LogP contribution in [0.5, 0.6) is 23.3 Å². The number of halogens is 4. The van der Waals surface area contributed by atoms with Gasteiger partial charge in [-0.15, -0.1) is 0 Å². The number of hydrogen-bond donors (Lipinski definition) is 7. The van der Waals surface area contributed by atoms with E-state index in [2.05, 4.69) is 86.3 Å². The Morgan fingerprint density at radius 3 is 1.47 bits per heavy atom. The number of fused-ring (bicyclic) bond motifs is 2. The summed E-state index contributed by atoms with van der Waals surface area (Å²) in [5, 5.41) is 17.1. The highest BCUT2D eigenvalue weighted by Crippen LogP contribution is 2.49. The van der Waals surface area contributed by atoms with Gasteiger partial charge in [0.2, 0.25) is 35.4 Å². The third-order valence-electron chi connectivity index (χ3n) is 16.6. The standard InChI is InChI=1S/C36H43F2N7O6Si.C30H29F2N7O5/c1-52(2,3)19-18-50-23-45-29(32(46)39-12-13-44-14-16-49-17-15-44)21-27-31(45)40-22-41-33(27)51-30-9-8-26(20-28(30)38)43-35(48)36(10-11-36)34(47)42-25-6-4-24(37)5-7-25;31-18-1-3-19(4-2-18)36-28(41)30(7-8-30)29(42)37-20-5-6-24(22(32)15-20)44-27-21-16-23(38-25(21)34-17-35-27)26(40)33-9-10-39-11-13-43-14-12-39/h4-9,20-22H,10-19,23H2,1-3H3,(H,39,46)(H,42,47)(H,43,48);1-6,15-17H,7-14H2,(H,33,40)(H,36,41)(H,37,42)(H,34,35,38). The van der Waals surface area contributed by atoms with Crippen molar-refractivity contribution in [2.45, 2.75) is 58.1 Å². The summed E-state index contributed by atoms with van der Waals surface area (Å²) in [7, 11) is -1.36. The highest BCUT2D eigenvalue weighted by Gasteiger charge is 2.57. The van der Waals surface area contributed by atoms with E-state index >= 15 is 8.78 Å². The molecule has 0 radical (unpaired) electrons. The maximum absolute atomic E-state index is 15.5. The van der Waals surface area contributed by atoms with E-state index in [0.29, 0.717) is 124 Å². The van der Waals surface area contributed by atoms with Crippen molar-refractivity contribution in [3.63, 3.8) is 0 Å². The lowest BCUT2D eigenvalue weighted by molar-refractivity contribution is -0.132. The minimum atomic E-state index is -1.36. The molecule has 4 aromatic heterocycles. The number of benzene rings is 4. The lowest BCUT2D eigenvalue weighted by atomic mass is 10.0. The molecule has 4 aromatic carbocycles. The molecule has 2 saturated carbocycles. The Labute approximate surface area is 549 Å². The number of nitrogens with zero attached hydrogens (tertiary/aromatic N) is 7. The van der Waals surface area contributed by atoms with Gasteiger partial charge in [0, 0.05) is 102 Å². The van der Waals surface area contributed by atoms with Crippen LogP contribution in [-0.4, -0.2) is 168 Å². The number of carbonyl (C=O) groups excluding carboxylic acids is 6. The number of amides is 6. The van der Waals surface area contributed by atoms with E-state index in [9.17, 15) is 37.5 Å². The van der Waals surface area contributed by atoms with Crippen LogP contribution in [0, 0.1) is 34.1 Å². The number of aromatic amines is 1. The van der Waals surface area contributed by atoms with Crippen molar-refractivity contribution in [3.05, 3.63) is 144 Å². The summed E-state index contributed by atoms with van der Waals surface area (Å²) < 4.78 is 87.0. The number of morpholine rings is 2. The van der Waals surface area contributed by atoms with E-state index < -0.39 is 65.8 Å². The smallest absolute Gasteiger partial charge is 0.268 e. The van der Waals surface area contributed by atoms with Crippen LogP contribution in [0.1, 0.15) is 46.7 Å². The molecule has 2 saturated heterocycles. The largest absolute Gasteiger partial charge is 0.435 e. The summed E-state index contributed by atoms with van der Waals surface area (Å²) in [6.45, 7) is 15.5. The van der Waals surface area contributed by atoms with E-state index in [4.69, 9.17) is 23.7 Å². The molecule has 4 fully saturated rings. The van der Waals surface area contributed by atoms with Gasteiger partial charge in [0.15, 0.2) is 23.1 Å². The van der Waals surface area contributed by atoms with Crippen LogP contribution in [-0.2, 0) is 40.1 Å². The van der Waals surface area contributed by atoms with E-state index in [0.717, 1.165) is 44.4 Å². The Kier molecular flexibility index (Phi) is 21.1. The van der Waals surface area contributed by atoms with E-state index in [1.807, 2.05) is 0 Å². The molecule has 6 amide bonds. The van der Waals surface area contributed by atoms with Crippen molar-refractivity contribution >= 4 is 88.3 Å². The zero-order valence-corrected chi connectivity index (χ0v) is 54.0. The van der Waals surface area contributed by atoms with Crippen molar-refractivity contribution in [2.24, 2.45) is 10.8 Å². The van der Waals surface area contributed by atoms with Crippen LogP contribution in [0.15, 0.2) is 110 Å². The predicted octanol–water partition coefficient (Wildman–Crippen LogP) is 8.68. The molecular formula is C66H72F4N14O11Si. The molecule has 0 bridgehead atoms. The van der Waals surface area contributed by atoms with Crippen molar-refractivity contribution in [3.8, 4) is 23.3 Å². The number of ether oxygens (including phenoxy) is 5. The number of carbonyl (C=O) groups is 6. The molecule has 96 heavy (non-hydrogen) atoms. The van der Waals surface area contributed by atoms with Gasteiger partial charge in [-0.1, -0.05) is 19.6 Å². The van der Waals surface area contributed by atoms with Gasteiger partial charge in [0.05, 0.1) is 37.2 Å². The summed E-state index contributed by atoms with van der Waals surface area (Å²) in [6, 6.07) is 22.2. The Balaban J connectivity index is 0.000000198. The fourth-order valence-electron chi connectivity index (χ4n) is 10.6. The first-order chi connectivity index (χ1) is 46.2. The van der Waals surface area contributed by atoms with Gasteiger partial charge in [-0.3, -0.25) is 43.1 Å². The maximum atomic E-state index is 15.5. The normalized spacial score (nSPS) is 15.7. The third kappa shape index (κ3) is 16.8. The Morgan fingerprint density at radius 1 is 0.552 bits per heavy atom. The molecule has 4 aliphatic rings. The molecule has 8 aromatic rings. The van der Waals surface area contributed by atoms with E-state index in [-0.39, 0.29) is 58.9 Å². The highest BCUT2D eigenvalue weighted by atomic mass is 28.3. The number of anilines is 4. The molecule has 2 aliphatic carbocycles. The first kappa shape index (κ1) is 67.7. The molecule has 6 heterocycles. The third-order valence-corrected chi connectivity index (χ3v) is 18.3. The summed E-state index contributed by atoms with van der Waals surface area (Å²) in [4.78, 5) is 102. The molecule has 25 nitrogen and oxygen atoms in total. The first-order valence-corrected chi connectivity index (χ1v) is 35.1. The average Bonchev–Trinajstić information content (AvgIpc) is 1.63. The minimum absolute atomic E-state index is 0.0262. The molecule has 0 spiro atoms. The molecular weight excluding hydrogens is 1270 g/mol. The zero-order chi connectivity index (χ0) is 67.6. The highest BCUT2D eigenvalue weighted by molar-refractivity contribution is 6.76. The minimum Gasteiger partial charge on any atom is -0.435 e. The second-order valence-corrected chi connectivity index (χ2v) is 30.4. The summed E-state index contributed by atoms with van der Waals surface area (Å²) in [5.74, 6) is -5.62. The fourth-order valence-corrected chi connectivity index (χ4v) is 11.3. The van der Waals surface area contributed by atoms with Crippen molar-refractivity contribution < 1.29 is 70.0 Å². The van der Waals surface area contributed by atoms with Gasteiger partial charge in [0.1, 0.15) is 64.5 Å². The number of aromatic nitrogens is 6. The lowest BCUT2D eigenvalue weighted by Gasteiger charge is -2.26. The van der Waals surface area contributed by atoms with Gasteiger partial charge < -0.3 is 60.6 Å². The summed E-state index contributed by atoms with van der Waals surface area (Å²) >= 11 is 0. The van der Waals surface area contributed by atoms with Crippen molar-refractivity contribution in [1.82, 2.24) is 49.9 Å². The molecule has 0 atom stereocenters. The molecule has 504 valence electrons. The molecule has 7 N–H and O–H groups in total. The van der Waals surface area contributed by atoms with Crippen LogP contribution in [0.25, 0.3) is 22.1 Å². The Bertz CT molecular complexity index is 4150. The van der Waals surface area contributed by atoms with Gasteiger partial charge in [-0.2, -0.15) is 0 Å². The van der Waals surface area contributed by atoms with Crippen LogP contribution < -0.4 is 41.4 Å². The second-order valence-electron chi connectivity index (χ2n) is 24.8. The van der Waals surface area contributed by atoms with E-state index in [1.165, 1.54) is 91.5 Å². The summed E-state index contributed by atoms with van der Waals surface area (Å²) in [6.07, 6.45) is 3.78. The van der Waals surface area contributed by atoms with Gasteiger partial charge in [0.25, 0.3) is 11.8 Å². The number of nitrogens with one attached hydrogen (secondary N) is 7. The SMILES string of the molecule is C[Si](C)(C)CCOCn1c(C(=O)NCCN2CCOCC2)cc2c(Oc3ccc(NC(=O)C4(C(=O)Nc5ccc(F)cc5)CC4)cc3F)ncnc21.O=C(NCCN1CCOCC1)c1cc2c(Oc3ccc(NC(=O)C4(C(=O)Nc5ccc(F)cc5)CC4)cc3F)ncnc2[nH]1. The number of H-pyrrole nitrogens is 1. The van der Waals surface area contributed by atoms with Crippen LogP contribution >= 0.6 is 0 Å². The Morgan fingerprint density at radius 2 is 1.00 bits per heavy atom. The molecule has 30 heteroatoms. The van der Waals surface area contributed by atoms with Gasteiger partial charge in [-0.05, 0) is 117 Å². The lowest BCUT2D eigenvalue weighted by Crippen LogP contribution is -2.41. The van der Waals surface area contributed by atoms with E-state index in [1.54, 1.807) is 10.6 Å². The fraction of sp³-hybridized carbons (Fsp3) is 0.364. The van der Waals surface area contributed by atoms with Crippen LogP contribution in [0.2, 0.25) is 25.7 Å². The molecule has 2 aliphatic heterocycles. The quantitative estimate of drug-likeness (QED) is 0.0122. The summed E-state index contributed by atoms with van der Waals surface area (Å²) in [5.41, 5.74) is -0.361. The van der Waals surface area contributed by atoms with Crippen LogP contribution in [0.3, 0.4) is 0 Å². The second kappa shape index (κ2) is 29.9. The average molecular weight is 1340 g/mol. The zero-order valence-electron chi connectivity index (χ0n) is 53.0.